The summed E-state index contributed by atoms with van der Waals surface area (Å²) in [6.45, 7) is 2.33. The van der Waals surface area contributed by atoms with Crippen molar-refractivity contribution >= 4 is 5.97 Å². The lowest BCUT2D eigenvalue weighted by Gasteiger charge is -2.12. The number of esters is 1. The highest BCUT2D eigenvalue weighted by Gasteiger charge is 2.19. The van der Waals surface area contributed by atoms with E-state index in [1.165, 1.54) is 7.11 Å². The zero-order valence-electron chi connectivity index (χ0n) is 12.8. The van der Waals surface area contributed by atoms with Gasteiger partial charge in [0.2, 0.25) is 0 Å². The van der Waals surface area contributed by atoms with Crippen molar-refractivity contribution in [2.75, 3.05) is 7.11 Å². The van der Waals surface area contributed by atoms with Crippen molar-refractivity contribution in [3.8, 4) is 0 Å². The zero-order chi connectivity index (χ0) is 15.7. The van der Waals surface area contributed by atoms with E-state index in [1.54, 1.807) is 16.7 Å². The van der Waals surface area contributed by atoms with E-state index in [4.69, 9.17) is 0 Å². The number of aryl methyl sites for hydroxylation is 2. The number of carbonyl (C=O) groups excluding carboxylic acids is 1. The smallest absolute Gasteiger partial charge is 0.337 e. The Labute approximate surface area is 128 Å². The lowest BCUT2D eigenvalue weighted by molar-refractivity contribution is 0.0600. The van der Waals surface area contributed by atoms with Gasteiger partial charge in [0.25, 0.3) is 5.56 Å². The van der Waals surface area contributed by atoms with E-state index in [1.807, 2.05) is 19.1 Å². The zero-order valence-corrected chi connectivity index (χ0v) is 12.8. The van der Waals surface area contributed by atoms with Crippen LogP contribution in [0.1, 0.15) is 39.4 Å². The first-order valence-corrected chi connectivity index (χ1v) is 7.36. The molecule has 5 heteroatoms. The SMILES string of the molecule is COC(=O)c1ccc(Cn2c(C)nc3c(c2=O)CCC3)cc1. The van der Waals surface area contributed by atoms with Crippen LogP contribution in [0.4, 0.5) is 0 Å². The number of rotatable bonds is 3. The van der Waals surface area contributed by atoms with Crippen LogP contribution in [0.2, 0.25) is 0 Å². The van der Waals surface area contributed by atoms with Crippen molar-refractivity contribution in [2.45, 2.75) is 32.7 Å². The highest BCUT2D eigenvalue weighted by Crippen LogP contribution is 2.17. The Hall–Kier alpha value is -2.43. The molecule has 0 radical (unpaired) electrons. The Balaban J connectivity index is 1.91. The fourth-order valence-corrected chi connectivity index (χ4v) is 2.88. The molecule has 114 valence electrons. The van der Waals surface area contributed by atoms with Crippen molar-refractivity contribution in [1.29, 1.82) is 0 Å². The van der Waals surface area contributed by atoms with E-state index >= 15 is 0 Å². The molecule has 0 saturated carbocycles. The van der Waals surface area contributed by atoms with E-state index in [2.05, 4.69) is 9.72 Å². The minimum absolute atomic E-state index is 0.0667. The summed E-state index contributed by atoms with van der Waals surface area (Å²) in [5.41, 5.74) is 3.34. The third-order valence-corrected chi connectivity index (χ3v) is 4.10. The van der Waals surface area contributed by atoms with Gasteiger partial charge < -0.3 is 4.74 Å². The van der Waals surface area contributed by atoms with Gasteiger partial charge in [-0.15, -0.1) is 0 Å². The molecule has 1 aliphatic carbocycles. The van der Waals surface area contributed by atoms with Crippen LogP contribution >= 0.6 is 0 Å². The van der Waals surface area contributed by atoms with Crippen molar-refractivity contribution in [2.24, 2.45) is 0 Å². The number of ether oxygens (including phenoxy) is 1. The summed E-state index contributed by atoms with van der Waals surface area (Å²) in [6, 6.07) is 7.10. The average Bonchev–Trinajstić information content (AvgIpc) is 2.99. The van der Waals surface area contributed by atoms with Crippen molar-refractivity contribution in [3.05, 3.63) is 62.8 Å². The molecule has 0 atom stereocenters. The number of methoxy groups -OCH3 is 1. The summed E-state index contributed by atoms with van der Waals surface area (Å²) in [6.07, 6.45) is 2.73. The number of nitrogens with zero attached hydrogens (tertiary/aromatic N) is 2. The third-order valence-electron chi connectivity index (χ3n) is 4.10. The summed E-state index contributed by atoms with van der Waals surface area (Å²) in [7, 11) is 1.36. The third kappa shape index (κ3) is 2.54. The Morgan fingerprint density at radius 2 is 2.00 bits per heavy atom. The largest absolute Gasteiger partial charge is 0.465 e. The molecule has 1 aromatic heterocycles. The molecule has 1 aromatic carbocycles. The van der Waals surface area contributed by atoms with Crippen LogP contribution < -0.4 is 5.56 Å². The molecule has 3 rings (SSSR count). The Kier molecular flexibility index (Phi) is 3.79. The van der Waals surface area contributed by atoms with Crippen molar-refractivity contribution < 1.29 is 9.53 Å². The summed E-state index contributed by atoms with van der Waals surface area (Å²) < 4.78 is 6.38. The predicted molar refractivity (Wildman–Crippen MR) is 82.1 cm³/mol. The fraction of sp³-hybridized carbons (Fsp3) is 0.353. The topological polar surface area (TPSA) is 61.2 Å². The minimum Gasteiger partial charge on any atom is -0.465 e. The quantitative estimate of drug-likeness (QED) is 0.812. The molecule has 0 fully saturated rings. The molecule has 22 heavy (non-hydrogen) atoms. The van der Waals surface area contributed by atoms with Crippen LogP contribution in [0.25, 0.3) is 0 Å². The summed E-state index contributed by atoms with van der Waals surface area (Å²) in [5.74, 6) is 0.377. The average molecular weight is 298 g/mol. The van der Waals surface area contributed by atoms with Gasteiger partial charge in [-0.25, -0.2) is 9.78 Å². The van der Waals surface area contributed by atoms with Gasteiger partial charge in [0.15, 0.2) is 0 Å². The summed E-state index contributed by atoms with van der Waals surface area (Å²) in [5, 5.41) is 0. The van der Waals surface area contributed by atoms with E-state index in [-0.39, 0.29) is 11.5 Å². The van der Waals surface area contributed by atoms with Crippen LogP contribution in [-0.2, 0) is 24.1 Å². The molecule has 1 aliphatic rings. The van der Waals surface area contributed by atoms with Crippen LogP contribution in [0.5, 0.6) is 0 Å². The molecule has 0 unspecified atom stereocenters. The normalized spacial score (nSPS) is 13.0. The maximum atomic E-state index is 12.6. The Morgan fingerprint density at radius 1 is 1.27 bits per heavy atom. The predicted octanol–water partition coefficient (Wildman–Crippen LogP) is 1.88. The van der Waals surface area contributed by atoms with Gasteiger partial charge in [-0.05, 0) is 43.9 Å². The fourth-order valence-electron chi connectivity index (χ4n) is 2.88. The molecule has 5 nitrogen and oxygen atoms in total. The monoisotopic (exact) mass is 298 g/mol. The number of hydrogen-bond acceptors (Lipinski definition) is 4. The lowest BCUT2D eigenvalue weighted by atomic mass is 10.1. The second kappa shape index (κ2) is 5.75. The molecule has 0 saturated heterocycles. The first-order valence-electron chi connectivity index (χ1n) is 7.36. The molecule has 0 N–H and O–H groups in total. The number of fused-ring (bicyclic) bond motifs is 1. The highest BCUT2D eigenvalue weighted by atomic mass is 16.5. The molecule has 0 amide bonds. The van der Waals surface area contributed by atoms with Gasteiger partial charge in [0.05, 0.1) is 24.9 Å². The van der Waals surface area contributed by atoms with Gasteiger partial charge >= 0.3 is 5.97 Å². The maximum absolute atomic E-state index is 12.6. The van der Waals surface area contributed by atoms with Crippen molar-refractivity contribution in [1.82, 2.24) is 9.55 Å². The summed E-state index contributed by atoms with van der Waals surface area (Å²) in [4.78, 5) is 28.5. The molecule has 0 aliphatic heterocycles. The Bertz CT molecular complexity index is 776. The molecule has 1 heterocycles. The first-order chi connectivity index (χ1) is 10.6. The lowest BCUT2D eigenvalue weighted by Crippen LogP contribution is -2.27. The molecule has 0 bridgehead atoms. The highest BCUT2D eigenvalue weighted by molar-refractivity contribution is 5.89. The van der Waals surface area contributed by atoms with Gasteiger partial charge in [-0.2, -0.15) is 0 Å². The van der Waals surface area contributed by atoms with Gasteiger partial charge in [-0.3, -0.25) is 9.36 Å². The van der Waals surface area contributed by atoms with Crippen LogP contribution in [0.15, 0.2) is 29.1 Å². The van der Waals surface area contributed by atoms with E-state index in [0.29, 0.717) is 12.1 Å². The van der Waals surface area contributed by atoms with E-state index in [0.717, 1.165) is 41.9 Å². The molecule has 2 aromatic rings. The number of benzene rings is 1. The molecular weight excluding hydrogens is 280 g/mol. The standard InChI is InChI=1S/C17H18N2O3/c1-11-18-15-5-3-4-14(15)16(20)19(11)10-12-6-8-13(9-7-12)17(21)22-2/h6-9H,3-5,10H2,1-2H3. The minimum atomic E-state index is -0.362. The maximum Gasteiger partial charge on any atom is 0.337 e. The van der Waals surface area contributed by atoms with Crippen LogP contribution in [0.3, 0.4) is 0 Å². The second-order valence-electron chi connectivity index (χ2n) is 5.52. The molecule has 0 spiro atoms. The number of carbonyl (C=O) groups is 1. The number of hydrogen-bond donors (Lipinski definition) is 0. The van der Waals surface area contributed by atoms with Crippen LogP contribution in [0, 0.1) is 6.92 Å². The van der Waals surface area contributed by atoms with E-state index < -0.39 is 0 Å². The second-order valence-corrected chi connectivity index (χ2v) is 5.52. The summed E-state index contributed by atoms with van der Waals surface area (Å²) >= 11 is 0. The number of aromatic nitrogens is 2. The Morgan fingerprint density at radius 3 is 2.68 bits per heavy atom. The van der Waals surface area contributed by atoms with Gasteiger partial charge in [-0.1, -0.05) is 12.1 Å². The first kappa shape index (κ1) is 14.5. The van der Waals surface area contributed by atoms with Crippen LogP contribution in [-0.4, -0.2) is 22.6 Å². The van der Waals surface area contributed by atoms with Gasteiger partial charge in [0.1, 0.15) is 5.82 Å². The van der Waals surface area contributed by atoms with E-state index in [9.17, 15) is 9.59 Å². The van der Waals surface area contributed by atoms with Gasteiger partial charge in [0, 0.05) is 5.56 Å². The molecular formula is C17H18N2O3. The van der Waals surface area contributed by atoms with Crippen molar-refractivity contribution in [3.63, 3.8) is 0 Å².